The Hall–Kier alpha value is -1.55. The Bertz CT molecular complexity index is 507. The minimum absolute atomic E-state index is 0.0910. The molecule has 0 radical (unpaired) electrons. The van der Waals surface area contributed by atoms with Gasteiger partial charge in [0.25, 0.3) is 5.91 Å². The monoisotopic (exact) mass is 305 g/mol. The zero-order valence-corrected chi connectivity index (χ0v) is 14.0. The first-order chi connectivity index (χ1) is 10.5. The Labute approximate surface area is 133 Å². The molecule has 0 aliphatic carbocycles. The highest BCUT2D eigenvalue weighted by Crippen LogP contribution is 2.28. The van der Waals surface area contributed by atoms with E-state index in [1.165, 1.54) is 0 Å². The number of nitrogens with one attached hydrogen (secondary N) is 1. The molecule has 0 bridgehead atoms. The second-order valence-electron chi connectivity index (χ2n) is 6.34. The number of hydrogen-bond donors (Lipinski definition) is 1. The fourth-order valence-corrected chi connectivity index (χ4v) is 2.63. The SMILES string of the molecule is Cc1ccc(C(C)C)c(O[C@H](C)C(=O)NC[C@H]2CCCO2)c1. The predicted molar refractivity (Wildman–Crippen MR) is 87.3 cm³/mol. The van der Waals surface area contributed by atoms with Gasteiger partial charge >= 0.3 is 0 Å². The van der Waals surface area contributed by atoms with E-state index in [1.54, 1.807) is 6.92 Å². The standard InChI is InChI=1S/C18H27NO3/c1-12(2)16-8-7-13(3)10-17(16)22-14(4)18(20)19-11-15-6-5-9-21-15/h7-8,10,12,14-15H,5-6,9,11H2,1-4H3,(H,19,20)/t14-,15-/m1/s1. The Balaban J connectivity index is 1.94. The molecule has 1 aliphatic rings. The molecule has 1 saturated heterocycles. The number of benzene rings is 1. The lowest BCUT2D eigenvalue weighted by molar-refractivity contribution is -0.127. The van der Waals surface area contributed by atoms with Crippen LogP contribution in [0.2, 0.25) is 0 Å². The quantitative estimate of drug-likeness (QED) is 0.878. The number of aryl methyl sites for hydroxylation is 1. The van der Waals surface area contributed by atoms with Gasteiger partial charge in [-0.05, 0) is 49.8 Å². The van der Waals surface area contributed by atoms with Gasteiger partial charge in [0, 0.05) is 13.2 Å². The molecular weight excluding hydrogens is 278 g/mol. The van der Waals surface area contributed by atoms with Crippen molar-refractivity contribution < 1.29 is 14.3 Å². The van der Waals surface area contributed by atoms with E-state index in [9.17, 15) is 4.79 Å². The van der Waals surface area contributed by atoms with Crippen molar-refractivity contribution in [3.05, 3.63) is 29.3 Å². The molecule has 1 heterocycles. The molecule has 2 rings (SSSR count). The van der Waals surface area contributed by atoms with Gasteiger partial charge in [0.15, 0.2) is 6.10 Å². The first kappa shape index (κ1) is 16.8. The third kappa shape index (κ3) is 4.47. The number of rotatable bonds is 6. The molecule has 22 heavy (non-hydrogen) atoms. The van der Waals surface area contributed by atoms with Crippen LogP contribution in [-0.2, 0) is 9.53 Å². The highest BCUT2D eigenvalue weighted by atomic mass is 16.5. The van der Waals surface area contributed by atoms with Crippen molar-refractivity contribution in [3.63, 3.8) is 0 Å². The zero-order chi connectivity index (χ0) is 16.1. The van der Waals surface area contributed by atoms with E-state index < -0.39 is 6.10 Å². The summed E-state index contributed by atoms with van der Waals surface area (Å²) in [6.45, 7) is 9.43. The molecular formula is C18H27NO3. The van der Waals surface area contributed by atoms with Gasteiger partial charge < -0.3 is 14.8 Å². The van der Waals surface area contributed by atoms with Crippen LogP contribution in [0.1, 0.15) is 50.7 Å². The van der Waals surface area contributed by atoms with Crippen molar-refractivity contribution in [2.45, 2.75) is 58.7 Å². The molecule has 1 aromatic carbocycles. The van der Waals surface area contributed by atoms with Crippen molar-refractivity contribution in [2.75, 3.05) is 13.2 Å². The van der Waals surface area contributed by atoms with Crippen LogP contribution in [0.25, 0.3) is 0 Å². The van der Waals surface area contributed by atoms with Crippen molar-refractivity contribution in [1.82, 2.24) is 5.32 Å². The van der Waals surface area contributed by atoms with Crippen LogP contribution < -0.4 is 10.1 Å². The van der Waals surface area contributed by atoms with E-state index in [0.717, 1.165) is 36.3 Å². The van der Waals surface area contributed by atoms with E-state index in [-0.39, 0.29) is 12.0 Å². The van der Waals surface area contributed by atoms with Gasteiger partial charge in [-0.25, -0.2) is 0 Å². The maximum absolute atomic E-state index is 12.2. The molecule has 0 saturated carbocycles. The average Bonchev–Trinajstić information content (AvgIpc) is 2.97. The Morgan fingerprint density at radius 1 is 1.41 bits per heavy atom. The van der Waals surface area contributed by atoms with E-state index in [1.807, 2.05) is 13.0 Å². The van der Waals surface area contributed by atoms with Crippen molar-refractivity contribution in [3.8, 4) is 5.75 Å². The first-order valence-corrected chi connectivity index (χ1v) is 8.14. The van der Waals surface area contributed by atoms with Gasteiger partial charge in [-0.3, -0.25) is 4.79 Å². The summed E-state index contributed by atoms with van der Waals surface area (Å²) in [6, 6.07) is 6.15. The van der Waals surface area contributed by atoms with Crippen molar-refractivity contribution >= 4 is 5.91 Å². The molecule has 4 heteroatoms. The highest BCUT2D eigenvalue weighted by Gasteiger charge is 2.20. The number of carbonyl (C=O) groups is 1. The number of hydrogen-bond acceptors (Lipinski definition) is 3. The molecule has 2 atom stereocenters. The smallest absolute Gasteiger partial charge is 0.260 e. The van der Waals surface area contributed by atoms with Gasteiger partial charge in [0.05, 0.1) is 6.10 Å². The normalized spacial score (nSPS) is 19.2. The second-order valence-corrected chi connectivity index (χ2v) is 6.34. The highest BCUT2D eigenvalue weighted by molar-refractivity contribution is 5.80. The van der Waals surface area contributed by atoms with E-state index in [2.05, 4.69) is 31.3 Å². The lowest BCUT2D eigenvalue weighted by atomic mass is 10.0. The van der Waals surface area contributed by atoms with Crippen molar-refractivity contribution in [2.24, 2.45) is 0 Å². The molecule has 0 spiro atoms. The molecule has 1 aliphatic heterocycles. The van der Waals surface area contributed by atoms with Crippen molar-refractivity contribution in [1.29, 1.82) is 0 Å². The van der Waals surface area contributed by atoms with Crippen LogP contribution in [0, 0.1) is 6.92 Å². The third-order valence-electron chi connectivity index (χ3n) is 3.99. The van der Waals surface area contributed by atoms with Crippen LogP contribution in [-0.4, -0.2) is 31.3 Å². The molecule has 122 valence electrons. The second kappa shape index (κ2) is 7.63. The van der Waals surface area contributed by atoms with Crippen LogP contribution in [0.4, 0.5) is 0 Å². The largest absolute Gasteiger partial charge is 0.481 e. The fraction of sp³-hybridized carbons (Fsp3) is 0.611. The minimum Gasteiger partial charge on any atom is -0.481 e. The summed E-state index contributed by atoms with van der Waals surface area (Å²) in [5.74, 6) is 1.07. The predicted octanol–water partition coefficient (Wildman–Crippen LogP) is 3.18. The van der Waals surface area contributed by atoms with Crippen LogP contribution in [0.15, 0.2) is 18.2 Å². The maximum atomic E-state index is 12.2. The first-order valence-electron chi connectivity index (χ1n) is 8.14. The van der Waals surface area contributed by atoms with Gasteiger partial charge in [-0.15, -0.1) is 0 Å². The molecule has 1 amide bonds. The molecule has 1 aromatic rings. The molecule has 4 nitrogen and oxygen atoms in total. The van der Waals surface area contributed by atoms with Crippen LogP contribution in [0.5, 0.6) is 5.75 Å². The van der Waals surface area contributed by atoms with Gasteiger partial charge in [0.1, 0.15) is 5.75 Å². The summed E-state index contributed by atoms with van der Waals surface area (Å²) in [5, 5.41) is 2.92. The van der Waals surface area contributed by atoms with E-state index in [4.69, 9.17) is 9.47 Å². The molecule has 1 fully saturated rings. The van der Waals surface area contributed by atoms with E-state index >= 15 is 0 Å². The van der Waals surface area contributed by atoms with Gasteiger partial charge in [-0.1, -0.05) is 26.0 Å². The lowest BCUT2D eigenvalue weighted by Crippen LogP contribution is -2.40. The van der Waals surface area contributed by atoms with Gasteiger partial charge in [-0.2, -0.15) is 0 Å². The van der Waals surface area contributed by atoms with Gasteiger partial charge in [0.2, 0.25) is 0 Å². The Morgan fingerprint density at radius 2 is 2.18 bits per heavy atom. The average molecular weight is 305 g/mol. The summed E-state index contributed by atoms with van der Waals surface area (Å²) in [5.41, 5.74) is 2.26. The lowest BCUT2D eigenvalue weighted by Gasteiger charge is -2.20. The minimum atomic E-state index is -0.513. The maximum Gasteiger partial charge on any atom is 0.260 e. The fourth-order valence-electron chi connectivity index (χ4n) is 2.63. The number of ether oxygens (including phenoxy) is 2. The summed E-state index contributed by atoms with van der Waals surface area (Å²) < 4.78 is 11.4. The zero-order valence-electron chi connectivity index (χ0n) is 14.0. The Kier molecular flexibility index (Phi) is 5.83. The number of carbonyl (C=O) groups excluding carboxylic acids is 1. The Morgan fingerprint density at radius 3 is 2.82 bits per heavy atom. The summed E-state index contributed by atoms with van der Waals surface area (Å²) in [6.07, 6.45) is 1.74. The molecule has 1 N–H and O–H groups in total. The summed E-state index contributed by atoms with van der Waals surface area (Å²) in [4.78, 5) is 12.2. The topological polar surface area (TPSA) is 47.6 Å². The summed E-state index contributed by atoms with van der Waals surface area (Å²) >= 11 is 0. The molecule has 0 unspecified atom stereocenters. The van der Waals surface area contributed by atoms with Crippen LogP contribution in [0.3, 0.4) is 0 Å². The van der Waals surface area contributed by atoms with Crippen LogP contribution >= 0.6 is 0 Å². The van der Waals surface area contributed by atoms with E-state index in [0.29, 0.717) is 12.5 Å². The number of amides is 1. The third-order valence-corrected chi connectivity index (χ3v) is 3.99. The summed E-state index contributed by atoms with van der Waals surface area (Å²) in [7, 11) is 0. The molecule has 0 aromatic heterocycles.